The number of carboxylic acid groups (broad SMARTS) is 1. The number of ether oxygens (including phenoxy) is 1. The molecule has 41 heavy (non-hydrogen) atoms. The number of hydrogen-bond acceptors (Lipinski definition) is 7. The molecule has 1 spiro atoms. The molecule has 2 aromatic heterocycles. The molecule has 7 nitrogen and oxygen atoms in total. The molecule has 2 fully saturated rings. The zero-order chi connectivity index (χ0) is 28.5. The van der Waals surface area contributed by atoms with Crippen LogP contribution < -0.4 is 5.32 Å². The van der Waals surface area contributed by atoms with Crippen molar-refractivity contribution >= 4 is 66.6 Å². The molecule has 3 heterocycles. The minimum absolute atomic E-state index is 0.148. The van der Waals surface area contributed by atoms with Crippen LogP contribution in [0.25, 0.3) is 20.2 Å². The number of nitrogens with zero attached hydrogens (tertiary/aromatic N) is 1. The predicted molar refractivity (Wildman–Crippen MR) is 163 cm³/mol. The van der Waals surface area contributed by atoms with Gasteiger partial charge in [-0.3, -0.25) is 4.79 Å². The number of aliphatic imine (C=N–C) groups is 1. The minimum atomic E-state index is -1.09. The minimum Gasteiger partial charge on any atom is -0.480 e. The molecule has 0 radical (unpaired) electrons. The van der Waals surface area contributed by atoms with Gasteiger partial charge in [-0.1, -0.05) is 74.9 Å². The van der Waals surface area contributed by atoms with Crippen molar-refractivity contribution in [2.45, 2.75) is 75.3 Å². The fourth-order valence-corrected chi connectivity index (χ4v) is 7.96. The number of thiophene rings is 2. The second-order valence-corrected chi connectivity index (χ2v) is 13.3. The second kappa shape index (κ2) is 11.4. The molecule has 0 atom stereocenters. The van der Waals surface area contributed by atoms with Gasteiger partial charge in [-0.25, -0.2) is 14.6 Å². The van der Waals surface area contributed by atoms with Crippen molar-refractivity contribution in [3.8, 4) is 0 Å². The largest absolute Gasteiger partial charge is 0.480 e. The van der Waals surface area contributed by atoms with Crippen LogP contribution in [0.1, 0.15) is 78.8 Å². The summed E-state index contributed by atoms with van der Waals surface area (Å²) in [5, 5.41) is 14.5. The summed E-state index contributed by atoms with van der Waals surface area (Å²) in [4.78, 5) is 42.5. The van der Waals surface area contributed by atoms with Crippen LogP contribution in [0.4, 0.5) is 0 Å². The first-order valence-electron chi connectivity index (χ1n) is 14.2. The summed E-state index contributed by atoms with van der Waals surface area (Å²) in [6, 6.07) is 19.9. The fourth-order valence-electron chi connectivity index (χ4n) is 6.01. The van der Waals surface area contributed by atoms with E-state index in [-0.39, 0.29) is 11.9 Å². The molecule has 1 amide bonds. The Morgan fingerprint density at radius 3 is 2.00 bits per heavy atom. The van der Waals surface area contributed by atoms with Crippen molar-refractivity contribution in [1.82, 2.24) is 5.32 Å². The van der Waals surface area contributed by atoms with Gasteiger partial charge in [0.25, 0.3) is 5.91 Å². The maximum absolute atomic E-state index is 12.4. The van der Waals surface area contributed by atoms with Crippen LogP contribution >= 0.6 is 22.7 Å². The molecule has 2 N–H and O–H groups in total. The molecule has 3 aliphatic rings. The Kier molecular flexibility index (Phi) is 7.66. The highest BCUT2D eigenvalue weighted by Gasteiger charge is 2.47. The molecule has 212 valence electrons. The van der Waals surface area contributed by atoms with Crippen LogP contribution in [-0.4, -0.2) is 39.9 Å². The van der Waals surface area contributed by atoms with E-state index < -0.39 is 17.0 Å². The van der Waals surface area contributed by atoms with Crippen molar-refractivity contribution in [3.63, 3.8) is 0 Å². The Hall–Kier alpha value is -3.56. The van der Waals surface area contributed by atoms with Gasteiger partial charge in [0.15, 0.2) is 5.54 Å². The molecular formula is C32H32N2O5S2. The smallest absolute Gasteiger partial charge is 0.340 e. The molecule has 4 aromatic rings. The molecule has 2 aliphatic carbocycles. The van der Waals surface area contributed by atoms with Crippen molar-refractivity contribution in [2.24, 2.45) is 4.99 Å². The number of cyclic esters (lactones) is 1. The summed E-state index contributed by atoms with van der Waals surface area (Å²) in [6.07, 6.45) is 8.75. The first-order chi connectivity index (χ1) is 19.9. The molecule has 0 bridgehead atoms. The summed E-state index contributed by atoms with van der Waals surface area (Å²) < 4.78 is 7.73. The molecule has 2 saturated carbocycles. The lowest BCUT2D eigenvalue weighted by molar-refractivity contribution is -0.146. The SMILES string of the molecule is O=C(NC1(C(=O)O)CCCCC1)c1cc2ccccc2s1.O=C1OC(c2cc3ccccc3s2)=NC12CCCCC2. The first-order valence-corrected chi connectivity index (χ1v) is 15.9. The molecule has 2 aromatic carbocycles. The van der Waals surface area contributed by atoms with Crippen molar-refractivity contribution in [1.29, 1.82) is 0 Å². The van der Waals surface area contributed by atoms with Crippen LogP contribution in [0.3, 0.4) is 0 Å². The quantitative estimate of drug-likeness (QED) is 0.243. The van der Waals surface area contributed by atoms with Crippen molar-refractivity contribution in [3.05, 3.63) is 70.4 Å². The fraction of sp³-hybridized carbons (Fsp3) is 0.375. The number of esters is 1. The second-order valence-electron chi connectivity index (χ2n) is 11.1. The highest BCUT2D eigenvalue weighted by atomic mass is 32.1. The van der Waals surface area contributed by atoms with Gasteiger partial charge in [0.1, 0.15) is 5.54 Å². The van der Waals surface area contributed by atoms with Crippen LogP contribution in [0, 0.1) is 0 Å². The van der Waals surface area contributed by atoms with Crippen LogP contribution in [0.5, 0.6) is 0 Å². The van der Waals surface area contributed by atoms with Gasteiger partial charge >= 0.3 is 11.9 Å². The van der Waals surface area contributed by atoms with E-state index in [0.29, 0.717) is 23.6 Å². The van der Waals surface area contributed by atoms with E-state index in [9.17, 15) is 19.5 Å². The van der Waals surface area contributed by atoms with Crippen molar-refractivity contribution in [2.75, 3.05) is 0 Å². The van der Waals surface area contributed by atoms with Gasteiger partial charge in [-0.05, 0) is 60.7 Å². The Morgan fingerprint density at radius 2 is 1.39 bits per heavy atom. The number of amides is 1. The Bertz CT molecular complexity index is 1570. The number of hydrogen-bond donors (Lipinski definition) is 2. The summed E-state index contributed by atoms with van der Waals surface area (Å²) in [7, 11) is 0. The Labute approximate surface area is 246 Å². The third kappa shape index (κ3) is 5.53. The van der Waals surface area contributed by atoms with Gasteiger partial charge in [0.05, 0.1) is 9.75 Å². The maximum atomic E-state index is 12.4. The third-order valence-electron chi connectivity index (χ3n) is 8.32. The molecular weight excluding hydrogens is 556 g/mol. The zero-order valence-corrected chi connectivity index (χ0v) is 24.3. The molecule has 9 heteroatoms. The highest BCUT2D eigenvalue weighted by molar-refractivity contribution is 7.21. The van der Waals surface area contributed by atoms with Gasteiger partial charge in [0, 0.05) is 9.40 Å². The third-order valence-corrected chi connectivity index (χ3v) is 10.5. The number of nitrogens with one attached hydrogen (secondary N) is 1. The average Bonchev–Trinajstić information content (AvgIpc) is 3.70. The maximum Gasteiger partial charge on any atom is 0.340 e. The lowest BCUT2D eigenvalue weighted by atomic mass is 9.81. The normalized spacial score (nSPS) is 19.3. The topological polar surface area (TPSA) is 105 Å². The van der Waals surface area contributed by atoms with E-state index >= 15 is 0 Å². The number of aliphatic carboxylic acids is 1. The summed E-state index contributed by atoms with van der Waals surface area (Å²) in [6.45, 7) is 0. The van der Waals surface area contributed by atoms with E-state index in [2.05, 4.69) is 28.5 Å². The molecule has 0 unspecified atom stereocenters. The molecule has 7 rings (SSSR count). The standard InChI is InChI=1S/C16H17NO3S.C16H15NO2S/c18-14(13-10-11-6-2-3-7-12(11)21-13)17-16(15(19)20)8-4-1-5-9-16;18-15-16(8-4-1-5-9-16)17-14(19-15)13-10-11-6-2-3-7-12(11)20-13/h2-3,6-7,10H,1,4-5,8-9H2,(H,17,18)(H,19,20);2-3,6-7,10H,1,4-5,8-9H2. The van der Waals surface area contributed by atoms with Gasteiger partial charge in [0.2, 0.25) is 5.90 Å². The van der Waals surface area contributed by atoms with Crippen LogP contribution in [0.2, 0.25) is 0 Å². The average molecular weight is 589 g/mol. The Balaban J connectivity index is 0.000000148. The van der Waals surface area contributed by atoms with E-state index in [4.69, 9.17) is 4.74 Å². The van der Waals surface area contributed by atoms with Gasteiger partial charge in [-0.2, -0.15) is 0 Å². The predicted octanol–water partition coefficient (Wildman–Crippen LogP) is 7.33. The number of benzene rings is 2. The first kappa shape index (κ1) is 27.6. The van der Waals surface area contributed by atoms with Crippen molar-refractivity contribution < 1.29 is 24.2 Å². The molecule has 1 aliphatic heterocycles. The van der Waals surface area contributed by atoms with E-state index in [0.717, 1.165) is 59.9 Å². The number of rotatable bonds is 4. The Morgan fingerprint density at radius 1 is 0.805 bits per heavy atom. The summed E-state index contributed by atoms with van der Waals surface area (Å²) in [5.41, 5.74) is -1.67. The zero-order valence-electron chi connectivity index (χ0n) is 22.7. The number of carboxylic acids is 1. The summed E-state index contributed by atoms with van der Waals surface area (Å²) >= 11 is 3.04. The molecule has 0 saturated heterocycles. The summed E-state index contributed by atoms with van der Waals surface area (Å²) in [5.74, 6) is -0.820. The van der Waals surface area contributed by atoms with Gasteiger partial charge < -0.3 is 15.2 Å². The van der Waals surface area contributed by atoms with E-state index in [1.54, 1.807) is 11.3 Å². The van der Waals surface area contributed by atoms with Crippen LogP contribution in [-0.2, 0) is 14.3 Å². The highest BCUT2D eigenvalue weighted by Crippen LogP contribution is 2.39. The number of carbonyl (C=O) groups is 3. The van der Waals surface area contributed by atoms with E-state index in [1.807, 2.05) is 42.5 Å². The van der Waals surface area contributed by atoms with Crippen LogP contribution in [0.15, 0.2) is 65.7 Å². The number of carbonyl (C=O) groups excluding carboxylic acids is 2. The monoisotopic (exact) mass is 588 g/mol. The van der Waals surface area contributed by atoms with E-state index in [1.165, 1.54) is 27.8 Å². The lowest BCUT2D eigenvalue weighted by Gasteiger charge is -2.33. The lowest BCUT2D eigenvalue weighted by Crippen LogP contribution is -2.55. The number of fused-ring (bicyclic) bond motifs is 2. The van der Waals surface area contributed by atoms with Gasteiger partial charge in [-0.15, -0.1) is 22.7 Å².